The minimum atomic E-state index is -0.362. The molecule has 1 amide bonds. The molecular formula is C14H11BrFNO. The standard InChI is InChI=1S/C14H11BrFNO/c1-9-5-12(16)8-13(6-9)17-14(18)10-3-2-4-11(15)7-10/h2-8H,1H3,(H,17,18). The predicted octanol–water partition coefficient (Wildman–Crippen LogP) is 4.15. The maximum absolute atomic E-state index is 13.2. The minimum absolute atomic E-state index is 0.263. The van der Waals surface area contributed by atoms with Gasteiger partial charge in [0.05, 0.1) is 0 Å². The van der Waals surface area contributed by atoms with Crippen molar-refractivity contribution >= 4 is 27.5 Å². The van der Waals surface area contributed by atoms with Crippen molar-refractivity contribution < 1.29 is 9.18 Å². The summed E-state index contributed by atoms with van der Waals surface area (Å²) >= 11 is 3.30. The van der Waals surface area contributed by atoms with Gasteiger partial charge >= 0.3 is 0 Å². The van der Waals surface area contributed by atoms with Crippen molar-refractivity contribution in [3.05, 3.63) is 63.9 Å². The van der Waals surface area contributed by atoms with Crippen LogP contribution in [0.3, 0.4) is 0 Å². The van der Waals surface area contributed by atoms with Crippen LogP contribution in [0.5, 0.6) is 0 Å². The molecule has 0 atom stereocenters. The molecule has 0 aliphatic rings. The van der Waals surface area contributed by atoms with Gasteiger partial charge < -0.3 is 5.32 Å². The van der Waals surface area contributed by atoms with Crippen LogP contribution >= 0.6 is 15.9 Å². The SMILES string of the molecule is Cc1cc(F)cc(NC(=O)c2cccc(Br)c2)c1. The Labute approximate surface area is 113 Å². The highest BCUT2D eigenvalue weighted by molar-refractivity contribution is 9.10. The number of rotatable bonds is 2. The molecule has 2 aromatic carbocycles. The van der Waals surface area contributed by atoms with E-state index in [1.165, 1.54) is 12.1 Å². The van der Waals surface area contributed by atoms with Gasteiger partial charge in [-0.3, -0.25) is 4.79 Å². The van der Waals surface area contributed by atoms with Crippen molar-refractivity contribution in [3.8, 4) is 0 Å². The monoisotopic (exact) mass is 307 g/mol. The van der Waals surface area contributed by atoms with E-state index in [1.807, 2.05) is 6.07 Å². The summed E-state index contributed by atoms with van der Waals surface area (Å²) in [5, 5.41) is 2.67. The molecule has 92 valence electrons. The molecule has 2 rings (SSSR count). The molecule has 2 aromatic rings. The zero-order valence-electron chi connectivity index (χ0n) is 9.71. The second kappa shape index (κ2) is 5.31. The maximum Gasteiger partial charge on any atom is 0.255 e. The Morgan fingerprint density at radius 3 is 2.67 bits per heavy atom. The molecule has 4 heteroatoms. The van der Waals surface area contributed by atoms with Gasteiger partial charge in [0.2, 0.25) is 0 Å². The van der Waals surface area contributed by atoms with Crippen molar-refractivity contribution in [2.24, 2.45) is 0 Å². The number of carbonyl (C=O) groups excluding carboxylic acids is 1. The number of nitrogens with one attached hydrogen (secondary N) is 1. The Hall–Kier alpha value is -1.68. The fourth-order valence-corrected chi connectivity index (χ4v) is 2.04. The Balaban J connectivity index is 2.21. The third-order valence-corrected chi connectivity index (χ3v) is 2.88. The highest BCUT2D eigenvalue weighted by Crippen LogP contribution is 2.16. The largest absolute Gasteiger partial charge is 0.322 e. The van der Waals surface area contributed by atoms with Crippen molar-refractivity contribution in [1.29, 1.82) is 0 Å². The second-order valence-corrected chi connectivity index (χ2v) is 4.90. The van der Waals surface area contributed by atoms with E-state index in [4.69, 9.17) is 0 Å². The Kier molecular flexibility index (Phi) is 3.77. The Morgan fingerprint density at radius 2 is 2.00 bits per heavy atom. The number of hydrogen-bond donors (Lipinski definition) is 1. The first-order chi connectivity index (χ1) is 8.54. The molecule has 0 radical (unpaired) electrons. The Morgan fingerprint density at radius 1 is 1.22 bits per heavy atom. The molecule has 2 nitrogen and oxygen atoms in total. The number of hydrogen-bond acceptors (Lipinski definition) is 1. The third kappa shape index (κ3) is 3.17. The molecule has 0 heterocycles. The number of amides is 1. The van der Waals surface area contributed by atoms with Crippen LogP contribution in [0.25, 0.3) is 0 Å². The van der Waals surface area contributed by atoms with E-state index in [2.05, 4.69) is 21.2 Å². The average molecular weight is 308 g/mol. The van der Waals surface area contributed by atoms with Crippen LogP contribution in [0.4, 0.5) is 10.1 Å². The average Bonchev–Trinajstić information content (AvgIpc) is 2.27. The summed E-state index contributed by atoms with van der Waals surface area (Å²) in [6.07, 6.45) is 0. The quantitative estimate of drug-likeness (QED) is 0.887. The van der Waals surface area contributed by atoms with Crippen molar-refractivity contribution in [2.75, 3.05) is 5.32 Å². The zero-order chi connectivity index (χ0) is 13.1. The van der Waals surface area contributed by atoms with Gasteiger partial charge in [-0.2, -0.15) is 0 Å². The van der Waals surface area contributed by atoms with Gasteiger partial charge in [-0.1, -0.05) is 22.0 Å². The van der Waals surface area contributed by atoms with Gasteiger partial charge in [-0.25, -0.2) is 4.39 Å². The molecule has 0 bridgehead atoms. The van der Waals surface area contributed by atoms with Crippen molar-refractivity contribution in [3.63, 3.8) is 0 Å². The van der Waals surface area contributed by atoms with Gasteiger partial charge in [0, 0.05) is 15.7 Å². The third-order valence-electron chi connectivity index (χ3n) is 2.39. The summed E-state index contributed by atoms with van der Waals surface area (Å²) in [6.45, 7) is 1.78. The normalized spacial score (nSPS) is 10.2. The number of carbonyl (C=O) groups is 1. The van der Waals surface area contributed by atoms with E-state index in [1.54, 1.807) is 31.2 Å². The van der Waals surface area contributed by atoms with Crippen LogP contribution in [0.1, 0.15) is 15.9 Å². The molecule has 18 heavy (non-hydrogen) atoms. The van der Waals surface area contributed by atoms with E-state index in [0.29, 0.717) is 11.3 Å². The fourth-order valence-electron chi connectivity index (χ4n) is 1.64. The lowest BCUT2D eigenvalue weighted by atomic mass is 10.2. The summed E-state index contributed by atoms with van der Waals surface area (Å²) < 4.78 is 14.0. The van der Waals surface area contributed by atoms with E-state index in [9.17, 15) is 9.18 Å². The van der Waals surface area contributed by atoms with Crippen molar-refractivity contribution in [2.45, 2.75) is 6.92 Å². The first-order valence-electron chi connectivity index (χ1n) is 5.39. The van der Waals surface area contributed by atoms with Crippen LogP contribution in [0, 0.1) is 12.7 Å². The van der Waals surface area contributed by atoms with Crippen molar-refractivity contribution in [1.82, 2.24) is 0 Å². The number of benzene rings is 2. The summed E-state index contributed by atoms with van der Waals surface area (Å²) in [5.41, 5.74) is 1.74. The van der Waals surface area contributed by atoms with Crippen LogP contribution in [-0.4, -0.2) is 5.91 Å². The van der Waals surface area contributed by atoms with Crippen LogP contribution in [-0.2, 0) is 0 Å². The topological polar surface area (TPSA) is 29.1 Å². The Bertz CT molecular complexity index is 578. The molecule has 0 saturated carbocycles. The zero-order valence-corrected chi connectivity index (χ0v) is 11.3. The summed E-state index contributed by atoms with van der Waals surface area (Å²) in [7, 11) is 0. The first-order valence-corrected chi connectivity index (χ1v) is 6.18. The highest BCUT2D eigenvalue weighted by atomic mass is 79.9. The molecule has 0 spiro atoms. The van der Waals surface area contributed by atoms with Gasteiger partial charge in [-0.15, -0.1) is 0 Å². The van der Waals surface area contributed by atoms with E-state index in [0.717, 1.165) is 10.0 Å². The highest BCUT2D eigenvalue weighted by Gasteiger charge is 2.07. The fraction of sp³-hybridized carbons (Fsp3) is 0.0714. The number of anilines is 1. The van der Waals surface area contributed by atoms with Gasteiger partial charge in [0.25, 0.3) is 5.91 Å². The summed E-state index contributed by atoms with van der Waals surface area (Å²) in [5.74, 6) is -0.624. The number of halogens is 2. The van der Waals surface area contributed by atoms with E-state index in [-0.39, 0.29) is 11.7 Å². The van der Waals surface area contributed by atoms with Crippen LogP contribution in [0.15, 0.2) is 46.9 Å². The smallest absolute Gasteiger partial charge is 0.255 e. The molecule has 0 aliphatic carbocycles. The minimum Gasteiger partial charge on any atom is -0.322 e. The van der Waals surface area contributed by atoms with Gasteiger partial charge in [0.1, 0.15) is 5.82 Å². The molecule has 0 fully saturated rings. The van der Waals surface area contributed by atoms with E-state index >= 15 is 0 Å². The summed E-state index contributed by atoms with van der Waals surface area (Å²) in [6, 6.07) is 11.4. The molecule has 0 saturated heterocycles. The lowest BCUT2D eigenvalue weighted by molar-refractivity contribution is 0.102. The van der Waals surface area contributed by atoms with Gasteiger partial charge in [0.15, 0.2) is 0 Å². The maximum atomic E-state index is 13.2. The molecular weight excluding hydrogens is 297 g/mol. The second-order valence-electron chi connectivity index (χ2n) is 3.98. The molecule has 0 aromatic heterocycles. The molecule has 1 N–H and O–H groups in total. The lowest BCUT2D eigenvalue weighted by Crippen LogP contribution is -2.12. The summed E-state index contributed by atoms with van der Waals surface area (Å²) in [4.78, 5) is 11.9. The van der Waals surface area contributed by atoms with Gasteiger partial charge in [-0.05, 0) is 48.9 Å². The number of aryl methyl sites for hydroxylation is 1. The predicted molar refractivity (Wildman–Crippen MR) is 73.2 cm³/mol. The molecule has 0 aliphatic heterocycles. The van der Waals surface area contributed by atoms with E-state index < -0.39 is 0 Å². The van der Waals surface area contributed by atoms with Crippen LogP contribution in [0.2, 0.25) is 0 Å². The molecule has 0 unspecified atom stereocenters. The van der Waals surface area contributed by atoms with Crippen LogP contribution < -0.4 is 5.32 Å². The first kappa shape index (κ1) is 12.8. The lowest BCUT2D eigenvalue weighted by Gasteiger charge is -2.06.